The van der Waals surface area contributed by atoms with Gasteiger partial charge in [-0.15, -0.1) is 5.10 Å². The lowest BCUT2D eigenvalue weighted by Crippen LogP contribution is -2.34. The summed E-state index contributed by atoms with van der Waals surface area (Å²) >= 11 is 5.04. The molecule has 0 fully saturated rings. The number of rotatable bonds is 5. The summed E-state index contributed by atoms with van der Waals surface area (Å²) in [6.07, 6.45) is 0. The van der Waals surface area contributed by atoms with Gasteiger partial charge in [-0.2, -0.15) is 4.80 Å². The number of nitrogens with one attached hydrogen (secondary N) is 2. The number of amides is 1. The standard InChI is InChI=1S/C13H16N6O2S/c1-3-19-17-12(16-18-19)15-13(22)14-11(20)9-5-7-10(8-6-9)21-4-2/h5-8H,3-4H2,1-2H3,(H2,14,15,17,20,22). The Morgan fingerprint density at radius 3 is 2.64 bits per heavy atom. The summed E-state index contributed by atoms with van der Waals surface area (Å²) in [4.78, 5) is 13.4. The van der Waals surface area contributed by atoms with E-state index in [1.807, 2.05) is 13.8 Å². The maximum atomic E-state index is 12.0. The number of hydrogen-bond donors (Lipinski definition) is 2. The number of hydrogen-bond acceptors (Lipinski definition) is 6. The third-order valence-corrected chi connectivity index (χ3v) is 2.82. The molecule has 1 aromatic carbocycles. The highest BCUT2D eigenvalue weighted by Crippen LogP contribution is 2.11. The van der Waals surface area contributed by atoms with Gasteiger partial charge in [0.1, 0.15) is 5.75 Å². The van der Waals surface area contributed by atoms with Gasteiger partial charge in [0.05, 0.1) is 13.2 Å². The first-order chi connectivity index (χ1) is 10.6. The van der Waals surface area contributed by atoms with Crippen molar-refractivity contribution in [3.05, 3.63) is 29.8 Å². The fourth-order valence-electron chi connectivity index (χ4n) is 1.60. The Morgan fingerprint density at radius 1 is 1.32 bits per heavy atom. The van der Waals surface area contributed by atoms with Gasteiger partial charge in [0.25, 0.3) is 11.9 Å². The van der Waals surface area contributed by atoms with Gasteiger partial charge in [0.2, 0.25) is 0 Å². The van der Waals surface area contributed by atoms with Crippen LogP contribution in [0.2, 0.25) is 0 Å². The molecule has 9 heteroatoms. The number of tetrazole rings is 1. The molecule has 0 saturated heterocycles. The lowest BCUT2D eigenvalue weighted by atomic mass is 10.2. The number of ether oxygens (including phenoxy) is 1. The van der Waals surface area contributed by atoms with E-state index in [1.54, 1.807) is 24.3 Å². The van der Waals surface area contributed by atoms with Gasteiger partial charge in [0.15, 0.2) is 5.11 Å². The number of aryl methyl sites for hydroxylation is 1. The number of thiocarbonyl (C=S) groups is 1. The monoisotopic (exact) mass is 320 g/mol. The van der Waals surface area contributed by atoms with Crippen LogP contribution in [0.5, 0.6) is 5.75 Å². The van der Waals surface area contributed by atoms with Gasteiger partial charge in [-0.05, 0) is 55.5 Å². The molecule has 8 nitrogen and oxygen atoms in total. The van der Waals surface area contributed by atoms with E-state index < -0.39 is 0 Å². The normalized spacial score (nSPS) is 10.1. The first kappa shape index (κ1) is 15.8. The zero-order valence-electron chi connectivity index (χ0n) is 12.2. The van der Waals surface area contributed by atoms with Crippen molar-refractivity contribution in [3.8, 4) is 5.75 Å². The van der Waals surface area contributed by atoms with Crippen LogP contribution in [0.15, 0.2) is 24.3 Å². The second kappa shape index (κ2) is 7.46. The summed E-state index contributed by atoms with van der Waals surface area (Å²) in [6, 6.07) is 6.77. The highest BCUT2D eigenvalue weighted by molar-refractivity contribution is 7.80. The van der Waals surface area contributed by atoms with Crippen LogP contribution < -0.4 is 15.4 Å². The van der Waals surface area contributed by atoms with Crippen LogP contribution in [0, 0.1) is 0 Å². The van der Waals surface area contributed by atoms with Gasteiger partial charge in [-0.25, -0.2) is 0 Å². The molecule has 1 amide bonds. The fraction of sp³-hybridized carbons (Fsp3) is 0.308. The average molecular weight is 320 g/mol. The first-order valence-corrected chi connectivity index (χ1v) is 7.16. The van der Waals surface area contributed by atoms with Gasteiger partial charge in [-0.3, -0.25) is 15.4 Å². The Hall–Kier alpha value is -2.55. The minimum absolute atomic E-state index is 0.106. The van der Waals surface area contributed by atoms with E-state index in [1.165, 1.54) is 4.80 Å². The molecule has 0 atom stereocenters. The number of nitrogens with zero attached hydrogens (tertiary/aromatic N) is 4. The van der Waals surface area contributed by atoms with Gasteiger partial charge in [-0.1, -0.05) is 5.10 Å². The molecule has 0 bridgehead atoms. The van der Waals surface area contributed by atoms with Crippen LogP contribution in [0.3, 0.4) is 0 Å². The Kier molecular flexibility index (Phi) is 5.37. The summed E-state index contributed by atoms with van der Waals surface area (Å²) in [6.45, 7) is 4.95. The molecular weight excluding hydrogens is 304 g/mol. The molecule has 0 aliphatic heterocycles. The molecule has 1 aromatic heterocycles. The number of benzene rings is 1. The van der Waals surface area contributed by atoms with Crippen molar-refractivity contribution in [2.75, 3.05) is 11.9 Å². The van der Waals surface area contributed by atoms with Crippen LogP contribution in [0.25, 0.3) is 0 Å². The van der Waals surface area contributed by atoms with E-state index in [2.05, 4.69) is 26.0 Å². The maximum Gasteiger partial charge on any atom is 0.269 e. The molecule has 0 spiro atoms. The van der Waals surface area contributed by atoms with Crippen LogP contribution >= 0.6 is 12.2 Å². The Bertz CT molecular complexity index is 655. The van der Waals surface area contributed by atoms with Gasteiger partial charge < -0.3 is 4.74 Å². The van der Waals surface area contributed by atoms with E-state index in [9.17, 15) is 4.79 Å². The molecule has 22 heavy (non-hydrogen) atoms. The largest absolute Gasteiger partial charge is 0.494 e. The van der Waals surface area contributed by atoms with Crippen LogP contribution in [-0.2, 0) is 6.54 Å². The van der Waals surface area contributed by atoms with E-state index in [4.69, 9.17) is 17.0 Å². The van der Waals surface area contributed by atoms with Crippen LogP contribution in [0.1, 0.15) is 24.2 Å². The summed E-state index contributed by atoms with van der Waals surface area (Å²) < 4.78 is 5.32. The molecule has 0 saturated carbocycles. The quantitative estimate of drug-likeness (QED) is 0.800. The molecule has 0 radical (unpaired) electrons. The smallest absolute Gasteiger partial charge is 0.269 e. The predicted octanol–water partition coefficient (Wildman–Crippen LogP) is 1.22. The lowest BCUT2D eigenvalue weighted by molar-refractivity contribution is 0.0977. The van der Waals surface area contributed by atoms with Crippen LogP contribution in [0.4, 0.5) is 5.95 Å². The lowest BCUT2D eigenvalue weighted by Gasteiger charge is -2.07. The van der Waals surface area contributed by atoms with Crippen molar-refractivity contribution in [2.45, 2.75) is 20.4 Å². The van der Waals surface area contributed by atoms with E-state index in [0.29, 0.717) is 24.5 Å². The Morgan fingerprint density at radius 2 is 2.05 bits per heavy atom. The molecular formula is C13H16N6O2S. The van der Waals surface area contributed by atoms with Gasteiger partial charge in [0, 0.05) is 5.56 Å². The first-order valence-electron chi connectivity index (χ1n) is 6.75. The molecule has 1 heterocycles. The topological polar surface area (TPSA) is 94.0 Å². The summed E-state index contributed by atoms with van der Waals surface area (Å²) in [5.41, 5.74) is 0.470. The zero-order valence-corrected chi connectivity index (χ0v) is 13.1. The second-order valence-corrected chi connectivity index (χ2v) is 4.58. The minimum Gasteiger partial charge on any atom is -0.494 e. The van der Waals surface area contributed by atoms with Crippen molar-refractivity contribution >= 4 is 29.2 Å². The summed E-state index contributed by atoms with van der Waals surface area (Å²) in [7, 11) is 0. The van der Waals surface area contributed by atoms with Crippen molar-refractivity contribution in [1.29, 1.82) is 0 Å². The van der Waals surface area contributed by atoms with Crippen molar-refractivity contribution in [2.24, 2.45) is 0 Å². The highest BCUT2D eigenvalue weighted by atomic mass is 32.1. The number of carbonyl (C=O) groups is 1. The number of carbonyl (C=O) groups excluding carboxylic acids is 1. The molecule has 2 rings (SSSR count). The van der Waals surface area contributed by atoms with Crippen molar-refractivity contribution < 1.29 is 9.53 Å². The third-order valence-electron chi connectivity index (χ3n) is 2.62. The molecule has 2 N–H and O–H groups in total. The van der Waals surface area contributed by atoms with Crippen molar-refractivity contribution in [1.82, 2.24) is 25.5 Å². The minimum atomic E-state index is -0.330. The second-order valence-electron chi connectivity index (χ2n) is 4.17. The zero-order chi connectivity index (χ0) is 15.9. The van der Waals surface area contributed by atoms with Crippen molar-refractivity contribution in [3.63, 3.8) is 0 Å². The molecule has 0 aliphatic carbocycles. The molecule has 0 unspecified atom stereocenters. The Balaban J connectivity index is 1.91. The van der Waals surface area contributed by atoms with E-state index in [0.717, 1.165) is 0 Å². The number of anilines is 1. The Labute approximate surface area is 132 Å². The van der Waals surface area contributed by atoms with E-state index in [-0.39, 0.29) is 17.0 Å². The highest BCUT2D eigenvalue weighted by Gasteiger charge is 2.10. The molecule has 0 aliphatic rings. The van der Waals surface area contributed by atoms with Gasteiger partial charge >= 0.3 is 0 Å². The fourth-order valence-corrected chi connectivity index (χ4v) is 1.79. The summed E-state index contributed by atoms with van der Waals surface area (Å²) in [5, 5.41) is 16.9. The van der Waals surface area contributed by atoms with E-state index >= 15 is 0 Å². The maximum absolute atomic E-state index is 12.0. The van der Waals surface area contributed by atoms with Crippen LogP contribution in [-0.4, -0.2) is 37.8 Å². The molecule has 2 aromatic rings. The molecule has 116 valence electrons. The SMILES string of the molecule is CCOc1ccc(C(=O)NC(=S)Nc2nnn(CC)n2)cc1. The number of aromatic nitrogens is 4. The predicted molar refractivity (Wildman–Crippen MR) is 84.8 cm³/mol. The summed E-state index contributed by atoms with van der Waals surface area (Å²) in [5.74, 6) is 0.613. The third kappa shape index (κ3) is 4.22. The average Bonchev–Trinajstić information content (AvgIpc) is 2.95.